The van der Waals surface area contributed by atoms with Crippen molar-refractivity contribution in [2.75, 3.05) is 13.2 Å². The lowest BCUT2D eigenvalue weighted by Gasteiger charge is -2.37. The van der Waals surface area contributed by atoms with Gasteiger partial charge in [0.15, 0.2) is 0 Å². The van der Waals surface area contributed by atoms with E-state index in [9.17, 15) is 9.59 Å². The van der Waals surface area contributed by atoms with E-state index >= 15 is 0 Å². The molecule has 1 N–H and O–H groups in total. The minimum atomic E-state index is -0.401. The molecule has 5 nitrogen and oxygen atoms in total. The van der Waals surface area contributed by atoms with Crippen molar-refractivity contribution >= 4 is 11.8 Å². The zero-order chi connectivity index (χ0) is 14.4. The Morgan fingerprint density at radius 1 is 1.32 bits per heavy atom. The van der Waals surface area contributed by atoms with Crippen LogP contribution < -0.4 is 5.32 Å². The van der Waals surface area contributed by atoms with Crippen molar-refractivity contribution < 1.29 is 14.3 Å². The molecule has 1 saturated heterocycles. The van der Waals surface area contributed by atoms with E-state index in [0.717, 1.165) is 12.8 Å². The Hall–Kier alpha value is -1.10. The molecule has 0 aromatic carbocycles. The molecule has 0 spiro atoms. The quantitative estimate of drug-likeness (QED) is 0.710. The second-order valence-electron chi connectivity index (χ2n) is 5.31. The SMILES string of the molecule is CCC1C(=O)NC(C)C(=O)N1CCCCOC(C)C. The second-order valence-corrected chi connectivity index (χ2v) is 5.31. The van der Waals surface area contributed by atoms with E-state index in [0.29, 0.717) is 19.6 Å². The zero-order valence-corrected chi connectivity index (χ0v) is 12.4. The fourth-order valence-corrected chi connectivity index (χ4v) is 2.29. The lowest BCUT2D eigenvalue weighted by Crippen LogP contribution is -2.62. The Labute approximate surface area is 115 Å². The van der Waals surface area contributed by atoms with Gasteiger partial charge >= 0.3 is 0 Å². The predicted octanol–water partition coefficient (Wildman–Crippen LogP) is 1.32. The molecule has 2 unspecified atom stereocenters. The minimum Gasteiger partial charge on any atom is -0.379 e. The third-order valence-corrected chi connectivity index (χ3v) is 3.32. The maximum Gasteiger partial charge on any atom is 0.245 e. The van der Waals surface area contributed by atoms with Crippen LogP contribution in [0.5, 0.6) is 0 Å². The smallest absolute Gasteiger partial charge is 0.245 e. The van der Waals surface area contributed by atoms with Crippen LogP contribution in [0.2, 0.25) is 0 Å². The van der Waals surface area contributed by atoms with E-state index < -0.39 is 6.04 Å². The number of amides is 2. The normalized spacial score (nSPS) is 23.9. The molecule has 0 aromatic rings. The van der Waals surface area contributed by atoms with Gasteiger partial charge < -0.3 is 15.0 Å². The molecule has 1 aliphatic heterocycles. The van der Waals surface area contributed by atoms with Crippen molar-refractivity contribution in [2.45, 2.75) is 65.1 Å². The number of rotatable bonds is 7. The molecule has 1 fully saturated rings. The highest BCUT2D eigenvalue weighted by Crippen LogP contribution is 2.14. The summed E-state index contributed by atoms with van der Waals surface area (Å²) in [6.45, 7) is 9.03. The molecule has 5 heteroatoms. The highest BCUT2D eigenvalue weighted by atomic mass is 16.5. The van der Waals surface area contributed by atoms with E-state index in [1.165, 1.54) is 0 Å². The summed E-state index contributed by atoms with van der Waals surface area (Å²) in [7, 11) is 0. The number of nitrogens with zero attached hydrogens (tertiary/aromatic N) is 1. The molecule has 1 heterocycles. The average Bonchev–Trinajstić information content (AvgIpc) is 2.34. The molecule has 2 atom stereocenters. The van der Waals surface area contributed by atoms with Gasteiger partial charge in [-0.05, 0) is 40.0 Å². The van der Waals surface area contributed by atoms with Crippen LogP contribution in [0.25, 0.3) is 0 Å². The summed E-state index contributed by atoms with van der Waals surface area (Å²) in [6.07, 6.45) is 2.68. The van der Waals surface area contributed by atoms with Crippen molar-refractivity contribution in [1.82, 2.24) is 10.2 Å². The zero-order valence-electron chi connectivity index (χ0n) is 12.4. The number of unbranched alkanes of at least 4 members (excludes halogenated alkanes) is 1. The molecule has 1 aliphatic rings. The maximum atomic E-state index is 12.1. The van der Waals surface area contributed by atoms with Crippen molar-refractivity contribution in [1.29, 1.82) is 0 Å². The minimum absolute atomic E-state index is 0.0243. The van der Waals surface area contributed by atoms with Gasteiger partial charge in [0.1, 0.15) is 12.1 Å². The molecule has 0 aliphatic carbocycles. The first-order valence-corrected chi connectivity index (χ1v) is 7.19. The van der Waals surface area contributed by atoms with Gasteiger partial charge in [0.25, 0.3) is 0 Å². The number of piperazine rings is 1. The molecule has 110 valence electrons. The standard InChI is InChI=1S/C14H26N2O3/c1-5-12-13(17)15-11(4)14(18)16(12)8-6-7-9-19-10(2)3/h10-12H,5-9H2,1-4H3,(H,15,17). The molecule has 0 bridgehead atoms. The molecular formula is C14H26N2O3. The fraction of sp³-hybridized carbons (Fsp3) is 0.857. The Balaban J connectivity index is 2.43. The van der Waals surface area contributed by atoms with Gasteiger partial charge in [-0.3, -0.25) is 9.59 Å². The lowest BCUT2D eigenvalue weighted by atomic mass is 10.1. The third kappa shape index (κ3) is 4.49. The van der Waals surface area contributed by atoms with Crippen LogP contribution in [0, 0.1) is 0 Å². The van der Waals surface area contributed by atoms with Crippen molar-refractivity contribution in [3.63, 3.8) is 0 Å². The number of hydrogen-bond acceptors (Lipinski definition) is 3. The van der Waals surface area contributed by atoms with Gasteiger partial charge in [-0.25, -0.2) is 0 Å². The van der Waals surface area contributed by atoms with Crippen LogP contribution in [0.3, 0.4) is 0 Å². The lowest BCUT2D eigenvalue weighted by molar-refractivity contribution is -0.149. The predicted molar refractivity (Wildman–Crippen MR) is 73.7 cm³/mol. The molecule has 0 radical (unpaired) electrons. The van der Waals surface area contributed by atoms with E-state index in [1.807, 2.05) is 20.8 Å². The number of carbonyl (C=O) groups excluding carboxylic acids is 2. The van der Waals surface area contributed by atoms with Crippen LogP contribution in [0.4, 0.5) is 0 Å². The average molecular weight is 270 g/mol. The maximum absolute atomic E-state index is 12.1. The van der Waals surface area contributed by atoms with Crippen LogP contribution in [0.15, 0.2) is 0 Å². The van der Waals surface area contributed by atoms with Gasteiger partial charge in [-0.2, -0.15) is 0 Å². The summed E-state index contributed by atoms with van der Waals surface area (Å²) < 4.78 is 5.47. The molecule has 1 rings (SSSR count). The Morgan fingerprint density at radius 3 is 2.58 bits per heavy atom. The summed E-state index contributed by atoms with van der Waals surface area (Å²) in [4.78, 5) is 25.7. The van der Waals surface area contributed by atoms with Crippen molar-refractivity contribution in [3.05, 3.63) is 0 Å². The summed E-state index contributed by atoms with van der Waals surface area (Å²) in [5.74, 6) is -0.00995. The number of hydrogen-bond donors (Lipinski definition) is 1. The van der Waals surface area contributed by atoms with Crippen molar-refractivity contribution in [2.24, 2.45) is 0 Å². The van der Waals surface area contributed by atoms with Gasteiger partial charge in [-0.1, -0.05) is 6.92 Å². The summed E-state index contributed by atoms with van der Waals surface area (Å²) in [5.41, 5.74) is 0. The summed E-state index contributed by atoms with van der Waals surface area (Å²) >= 11 is 0. The molecule has 2 amide bonds. The monoisotopic (exact) mass is 270 g/mol. The van der Waals surface area contributed by atoms with Gasteiger partial charge in [-0.15, -0.1) is 0 Å². The van der Waals surface area contributed by atoms with E-state index in [1.54, 1.807) is 11.8 Å². The van der Waals surface area contributed by atoms with Crippen LogP contribution in [0.1, 0.15) is 47.0 Å². The van der Waals surface area contributed by atoms with Gasteiger partial charge in [0, 0.05) is 13.2 Å². The number of ether oxygens (including phenoxy) is 1. The summed E-state index contributed by atoms with van der Waals surface area (Å²) in [5, 5.41) is 2.72. The van der Waals surface area contributed by atoms with Crippen molar-refractivity contribution in [3.8, 4) is 0 Å². The highest BCUT2D eigenvalue weighted by molar-refractivity contribution is 5.96. The first kappa shape index (κ1) is 16.0. The number of nitrogens with one attached hydrogen (secondary N) is 1. The van der Waals surface area contributed by atoms with Gasteiger partial charge in [0.05, 0.1) is 6.10 Å². The van der Waals surface area contributed by atoms with Crippen LogP contribution in [-0.2, 0) is 14.3 Å². The van der Waals surface area contributed by atoms with Gasteiger partial charge in [0.2, 0.25) is 11.8 Å². The molecule has 19 heavy (non-hydrogen) atoms. The molecule has 0 aromatic heterocycles. The van der Waals surface area contributed by atoms with E-state index in [4.69, 9.17) is 4.74 Å². The topological polar surface area (TPSA) is 58.6 Å². The molecule has 0 saturated carbocycles. The number of carbonyl (C=O) groups is 2. The second kappa shape index (κ2) is 7.48. The van der Waals surface area contributed by atoms with E-state index in [2.05, 4.69) is 5.32 Å². The highest BCUT2D eigenvalue weighted by Gasteiger charge is 2.36. The first-order valence-electron chi connectivity index (χ1n) is 7.19. The first-order chi connectivity index (χ1) is 8.97. The third-order valence-electron chi connectivity index (χ3n) is 3.32. The largest absolute Gasteiger partial charge is 0.379 e. The Kier molecular flexibility index (Phi) is 6.28. The molecular weight excluding hydrogens is 244 g/mol. The van der Waals surface area contributed by atoms with Crippen LogP contribution >= 0.6 is 0 Å². The Bertz CT molecular complexity index is 318. The van der Waals surface area contributed by atoms with Crippen LogP contribution in [-0.4, -0.2) is 48.1 Å². The fourth-order valence-electron chi connectivity index (χ4n) is 2.29. The Morgan fingerprint density at radius 2 is 2.00 bits per heavy atom. The summed E-state index contributed by atoms with van der Waals surface area (Å²) in [6, 6.07) is -0.711. The van der Waals surface area contributed by atoms with E-state index in [-0.39, 0.29) is 24.0 Å².